The van der Waals surface area contributed by atoms with Crippen LogP contribution in [0.1, 0.15) is 10.4 Å². The van der Waals surface area contributed by atoms with Crippen molar-refractivity contribution in [2.75, 3.05) is 11.1 Å². The quantitative estimate of drug-likeness (QED) is 0.642. The molecule has 3 N–H and O–H groups in total. The Morgan fingerprint density at radius 2 is 1.91 bits per heavy atom. The van der Waals surface area contributed by atoms with Crippen molar-refractivity contribution in [1.82, 2.24) is 4.98 Å². The van der Waals surface area contributed by atoms with Gasteiger partial charge in [-0.2, -0.15) is 0 Å². The number of carbonyl (C=O) groups excluding carboxylic acids is 1. The fourth-order valence-electron chi connectivity index (χ4n) is 1.88. The summed E-state index contributed by atoms with van der Waals surface area (Å²) in [7, 11) is 0. The Labute approximate surface area is 145 Å². The molecule has 2 aromatic carbocycles. The maximum absolute atomic E-state index is 12.3. The first-order chi connectivity index (χ1) is 11.1. The van der Waals surface area contributed by atoms with Gasteiger partial charge in [0.15, 0.2) is 5.13 Å². The molecule has 0 radical (unpaired) electrons. The summed E-state index contributed by atoms with van der Waals surface area (Å²) in [5, 5.41) is 5.01. The normalized spacial score (nSPS) is 10.3. The lowest BCUT2D eigenvalue weighted by molar-refractivity contribution is 0.102. The van der Waals surface area contributed by atoms with Gasteiger partial charge in [-0.1, -0.05) is 15.9 Å². The van der Waals surface area contributed by atoms with Crippen LogP contribution in [0.2, 0.25) is 0 Å². The third kappa shape index (κ3) is 3.88. The van der Waals surface area contributed by atoms with Crippen molar-refractivity contribution in [3.05, 3.63) is 64.1 Å². The number of amides is 1. The Morgan fingerprint density at radius 1 is 1.17 bits per heavy atom. The molecule has 3 aromatic rings. The third-order valence-corrected chi connectivity index (χ3v) is 4.19. The number of carbonyl (C=O) groups is 1. The monoisotopic (exact) mass is 389 g/mol. The van der Waals surface area contributed by atoms with Gasteiger partial charge in [-0.3, -0.25) is 10.1 Å². The zero-order valence-electron chi connectivity index (χ0n) is 11.8. The first kappa shape index (κ1) is 15.5. The fraction of sp³-hybridized carbons (Fsp3) is 0. The van der Waals surface area contributed by atoms with Gasteiger partial charge in [0, 0.05) is 21.7 Å². The van der Waals surface area contributed by atoms with E-state index < -0.39 is 0 Å². The van der Waals surface area contributed by atoms with Crippen LogP contribution in [0.4, 0.5) is 10.8 Å². The zero-order valence-corrected chi connectivity index (χ0v) is 14.2. The van der Waals surface area contributed by atoms with Gasteiger partial charge >= 0.3 is 0 Å². The maximum atomic E-state index is 12.3. The van der Waals surface area contributed by atoms with Crippen molar-refractivity contribution in [3.8, 4) is 11.5 Å². The van der Waals surface area contributed by atoms with Crippen molar-refractivity contribution in [2.24, 2.45) is 0 Å². The first-order valence-corrected chi connectivity index (χ1v) is 8.33. The van der Waals surface area contributed by atoms with E-state index in [-0.39, 0.29) is 5.91 Å². The van der Waals surface area contributed by atoms with Gasteiger partial charge in [-0.25, -0.2) is 4.98 Å². The van der Waals surface area contributed by atoms with E-state index in [2.05, 4.69) is 26.2 Å². The summed E-state index contributed by atoms with van der Waals surface area (Å²) in [5.74, 6) is 0.883. The summed E-state index contributed by atoms with van der Waals surface area (Å²) in [4.78, 5) is 16.3. The number of aromatic nitrogens is 1. The number of hydrogen-bond acceptors (Lipinski definition) is 5. The van der Waals surface area contributed by atoms with Crippen molar-refractivity contribution < 1.29 is 9.53 Å². The molecular formula is C16H12BrN3O2S. The molecule has 1 aromatic heterocycles. The van der Waals surface area contributed by atoms with Crippen LogP contribution in [0.3, 0.4) is 0 Å². The van der Waals surface area contributed by atoms with E-state index in [1.807, 2.05) is 24.3 Å². The molecule has 0 aliphatic carbocycles. The van der Waals surface area contributed by atoms with Crippen LogP contribution in [0.25, 0.3) is 0 Å². The van der Waals surface area contributed by atoms with Crippen LogP contribution in [0.15, 0.2) is 58.5 Å². The van der Waals surface area contributed by atoms with E-state index in [0.29, 0.717) is 27.9 Å². The second-order valence-electron chi connectivity index (χ2n) is 4.60. The Morgan fingerprint density at radius 3 is 2.61 bits per heavy atom. The first-order valence-electron chi connectivity index (χ1n) is 6.65. The summed E-state index contributed by atoms with van der Waals surface area (Å²) in [5.41, 5.74) is 6.61. The number of nitrogens with one attached hydrogen (secondary N) is 1. The molecule has 0 saturated carbocycles. The lowest BCUT2D eigenvalue weighted by Gasteiger charge is -2.10. The number of anilines is 2. The Bertz CT molecular complexity index is 820. The molecule has 3 rings (SSSR count). The van der Waals surface area contributed by atoms with Crippen LogP contribution >= 0.6 is 27.3 Å². The third-order valence-electron chi connectivity index (χ3n) is 2.97. The van der Waals surface area contributed by atoms with Gasteiger partial charge in [-0.15, -0.1) is 11.3 Å². The molecule has 0 saturated heterocycles. The molecule has 5 nitrogen and oxygen atoms in total. The van der Waals surface area contributed by atoms with Crippen molar-refractivity contribution >= 4 is 44.0 Å². The minimum absolute atomic E-state index is 0.321. The van der Waals surface area contributed by atoms with Crippen molar-refractivity contribution in [1.29, 1.82) is 0 Å². The van der Waals surface area contributed by atoms with Crippen LogP contribution < -0.4 is 15.8 Å². The summed E-state index contributed by atoms with van der Waals surface area (Å²) in [6, 6.07) is 12.4. The van der Waals surface area contributed by atoms with Crippen molar-refractivity contribution in [3.63, 3.8) is 0 Å². The standard InChI is InChI=1S/C16H12BrN3O2S/c17-10-1-3-11(4-2-10)22-12-5-6-14(18)13(9-12)15(21)20-16-19-7-8-23-16/h1-9H,18H2,(H,19,20,21). The number of rotatable bonds is 4. The molecule has 0 aliphatic rings. The number of hydrogen-bond donors (Lipinski definition) is 2. The number of thiazole rings is 1. The summed E-state index contributed by atoms with van der Waals surface area (Å²) in [6.45, 7) is 0. The lowest BCUT2D eigenvalue weighted by Crippen LogP contribution is -2.13. The molecule has 1 amide bonds. The van der Waals surface area contributed by atoms with Crippen molar-refractivity contribution in [2.45, 2.75) is 0 Å². The maximum Gasteiger partial charge on any atom is 0.259 e. The van der Waals surface area contributed by atoms with Gasteiger partial charge in [0.05, 0.1) is 5.56 Å². The van der Waals surface area contributed by atoms with E-state index in [1.165, 1.54) is 11.3 Å². The number of ether oxygens (including phenoxy) is 1. The molecule has 23 heavy (non-hydrogen) atoms. The predicted molar refractivity (Wildman–Crippen MR) is 95.1 cm³/mol. The molecule has 0 fully saturated rings. The average Bonchev–Trinajstić information content (AvgIpc) is 3.04. The molecule has 7 heteroatoms. The van der Waals surface area contributed by atoms with Crippen LogP contribution in [-0.2, 0) is 0 Å². The summed E-state index contributed by atoms with van der Waals surface area (Å²) in [6.07, 6.45) is 1.62. The van der Waals surface area contributed by atoms with E-state index >= 15 is 0 Å². The number of benzene rings is 2. The van der Waals surface area contributed by atoms with E-state index in [0.717, 1.165) is 4.47 Å². The average molecular weight is 390 g/mol. The predicted octanol–water partition coefficient (Wildman–Crippen LogP) is 4.53. The highest BCUT2D eigenvalue weighted by Gasteiger charge is 2.13. The highest BCUT2D eigenvalue weighted by atomic mass is 79.9. The molecule has 116 valence electrons. The number of nitrogens with zero attached hydrogens (tertiary/aromatic N) is 1. The fourth-order valence-corrected chi connectivity index (χ4v) is 2.67. The second kappa shape index (κ2) is 6.80. The minimum Gasteiger partial charge on any atom is -0.457 e. The molecule has 0 unspecified atom stereocenters. The largest absolute Gasteiger partial charge is 0.457 e. The Kier molecular flexibility index (Phi) is 4.59. The van der Waals surface area contributed by atoms with Gasteiger partial charge in [0.25, 0.3) is 5.91 Å². The minimum atomic E-state index is -0.321. The highest BCUT2D eigenvalue weighted by molar-refractivity contribution is 9.10. The van der Waals surface area contributed by atoms with E-state index in [1.54, 1.807) is 29.8 Å². The van der Waals surface area contributed by atoms with E-state index in [9.17, 15) is 4.79 Å². The molecule has 0 atom stereocenters. The van der Waals surface area contributed by atoms with Gasteiger partial charge in [0.2, 0.25) is 0 Å². The second-order valence-corrected chi connectivity index (χ2v) is 6.41. The van der Waals surface area contributed by atoms with Crippen LogP contribution in [0.5, 0.6) is 11.5 Å². The number of nitrogen functional groups attached to an aromatic ring is 1. The number of halogens is 1. The van der Waals surface area contributed by atoms with Crippen LogP contribution in [-0.4, -0.2) is 10.9 Å². The SMILES string of the molecule is Nc1ccc(Oc2ccc(Br)cc2)cc1C(=O)Nc1nccs1. The van der Waals surface area contributed by atoms with Gasteiger partial charge < -0.3 is 10.5 Å². The lowest BCUT2D eigenvalue weighted by atomic mass is 10.1. The summed E-state index contributed by atoms with van der Waals surface area (Å²) < 4.78 is 6.71. The number of nitrogens with two attached hydrogens (primary N) is 1. The molecule has 0 bridgehead atoms. The van der Waals surface area contributed by atoms with Gasteiger partial charge in [0.1, 0.15) is 11.5 Å². The summed E-state index contributed by atoms with van der Waals surface area (Å²) >= 11 is 4.71. The zero-order chi connectivity index (χ0) is 16.2. The van der Waals surface area contributed by atoms with Gasteiger partial charge in [-0.05, 0) is 42.5 Å². The topological polar surface area (TPSA) is 77.2 Å². The van der Waals surface area contributed by atoms with E-state index in [4.69, 9.17) is 10.5 Å². The molecule has 0 aliphatic heterocycles. The van der Waals surface area contributed by atoms with Crippen LogP contribution in [0, 0.1) is 0 Å². The Balaban J connectivity index is 1.81. The molecule has 1 heterocycles. The smallest absolute Gasteiger partial charge is 0.259 e. The highest BCUT2D eigenvalue weighted by Crippen LogP contribution is 2.27. The molecule has 0 spiro atoms. The Hall–Kier alpha value is -2.38. The molecular weight excluding hydrogens is 378 g/mol.